The van der Waals surface area contributed by atoms with Crippen LogP contribution in [0.25, 0.3) is 0 Å². The fourth-order valence-electron chi connectivity index (χ4n) is 1.38. The van der Waals surface area contributed by atoms with Crippen LogP contribution in [-0.2, 0) is 6.42 Å². The predicted molar refractivity (Wildman–Crippen MR) is 64.3 cm³/mol. The summed E-state index contributed by atoms with van der Waals surface area (Å²) in [5, 5.41) is 9.68. The highest BCUT2D eigenvalue weighted by molar-refractivity contribution is 9.10. The van der Waals surface area contributed by atoms with Crippen molar-refractivity contribution in [1.29, 1.82) is 0 Å². The van der Waals surface area contributed by atoms with Crippen LogP contribution in [0.1, 0.15) is 19.4 Å². The molecule has 3 nitrogen and oxygen atoms in total. The second kappa shape index (κ2) is 5.37. The molecule has 0 bridgehead atoms. The van der Waals surface area contributed by atoms with Crippen LogP contribution < -0.4 is 10.5 Å². The van der Waals surface area contributed by atoms with E-state index >= 15 is 0 Å². The molecule has 0 radical (unpaired) electrons. The van der Waals surface area contributed by atoms with Crippen molar-refractivity contribution in [2.45, 2.75) is 26.3 Å². The van der Waals surface area contributed by atoms with Crippen LogP contribution in [0.15, 0.2) is 16.6 Å². The molecule has 0 fully saturated rings. The van der Waals surface area contributed by atoms with E-state index in [9.17, 15) is 5.11 Å². The van der Waals surface area contributed by atoms with E-state index in [0.717, 1.165) is 12.0 Å². The van der Waals surface area contributed by atoms with E-state index in [0.29, 0.717) is 16.8 Å². The van der Waals surface area contributed by atoms with E-state index in [1.54, 1.807) is 0 Å². The van der Waals surface area contributed by atoms with Gasteiger partial charge < -0.3 is 15.6 Å². The molecule has 0 amide bonds. The molecular formula is C11H16BrNO2. The van der Waals surface area contributed by atoms with Crippen molar-refractivity contribution < 1.29 is 9.84 Å². The number of hydrogen-bond donors (Lipinski definition) is 2. The lowest BCUT2D eigenvalue weighted by Crippen LogP contribution is -2.17. The van der Waals surface area contributed by atoms with Crippen LogP contribution in [-0.4, -0.2) is 17.8 Å². The third kappa shape index (κ3) is 3.39. The van der Waals surface area contributed by atoms with E-state index < -0.39 is 0 Å². The third-order valence-electron chi connectivity index (χ3n) is 1.95. The minimum atomic E-state index is 0.0934. The maximum atomic E-state index is 9.68. The van der Waals surface area contributed by atoms with E-state index in [1.807, 2.05) is 26.0 Å². The zero-order valence-corrected chi connectivity index (χ0v) is 10.5. The first kappa shape index (κ1) is 12.3. The van der Waals surface area contributed by atoms with Gasteiger partial charge in [-0.3, -0.25) is 0 Å². The molecule has 0 aliphatic heterocycles. The second-order valence-corrected chi connectivity index (χ2v) is 4.39. The fourth-order valence-corrected chi connectivity index (χ4v) is 1.87. The van der Waals surface area contributed by atoms with Gasteiger partial charge >= 0.3 is 0 Å². The highest BCUT2D eigenvalue weighted by Gasteiger charge is 2.09. The second-order valence-electron chi connectivity index (χ2n) is 3.54. The van der Waals surface area contributed by atoms with Crippen molar-refractivity contribution >= 4 is 15.9 Å². The first-order chi connectivity index (χ1) is 7.04. The normalized spacial score (nSPS) is 12.5. The van der Waals surface area contributed by atoms with Crippen LogP contribution in [0.4, 0.5) is 0 Å². The van der Waals surface area contributed by atoms with Crippen molar-refractivity contribution in [3.63, 3.8) is 0 Å². The minimum absolute atomic E-state index is 0.0934. The number of aromatic hydroxyl groups is 1. The van der Waals surface area contributed by atoms with Gasteiger partial charge in [0.1, 0.15) is 0 Å². The van der Waals surface area contributed by atoms with Gasteiger partial charge in [-0.25, -0.2) is 0 Å². The summed E-state index contributed by atoms with van der Waals surface area (Å²) in [7, 11) is 0. The van der Waals surface area contributed by atoms with E-state index in [1.165, 1.54) is 0 Å². The van der Waals surface area contributed by atoms with Crippen LogP contribution in [0.3, 0.4) is 0 Å². The maximum absolute atomic E-state index is 9.68. The molecule has 4 heteroatoms. The predicted octanol–water partition coefficient (Wildman–Crippen LogP) is 2.44. The Morgan fingerprint density at radius 1 is 1.53 bits per heavy atom. The highest BCUT2D eigenvalue weighted by atomic mass is 79.9. The number of benzene rings is 1. The molecule has 15 heavy (non-hydrogen) atoms. The average Bonchev–Trinajstić information content (AvgIpc) is 2.12. The molecular weight excluding hydrogens is 258 g/mol. The summed E-state index contributed by atoms with van der Waals surface area (Å²) >= 11 is 3.29. The summed E-state index contributed by atoms with van der Waals surface area (Å²) < 4.78 is 5.96. The highest BCUT2D eigenvalue weighted by Crippen LogP contribution is 2.35. The van der Waals surface area contributed by atoms with Gasteiger partial charge in [0, 0.05) is 6.04 Å². The molecule has 0 aromatic heterocycles. The average molecular weight is 274 g/mol. The third-order valence-corrected chi connectivity index (χ3v) is 2.55. The number of nitrogens with two attached hydrogens (primary N) is 1. The molecule has 0 aliphatic rings. The molecule has 1 atom stereocenters. The largest absolute Gasteiger partial charge is 0.503 e. The SMILES string of the molecule is CCOc1cc(C[C@@H](C)N)cc(Br)c1O. The van der Waals surface area contributed by atoms with Gasteiger partial charge in [-0.05, 0) is 53.9 Å². The van der Waals surface area contributed by atoms with Crippen molar-refractivity contribution in [3.05, 3.63) is 22.2 Å². The first-order valence-corrected chi connectivity index (χ1v) is 5.73. The minimum Gasteiger partial charge on any atom is -0.503 e. The Morgan fingerprint density at radius 2 is 2.20 bits per heavy atom. The number of phenols is 1. The van der Waals surface area contributed by atoms with E-state index in [4.69, 9.17) is 10.5 Å². The molecule has 0 spiro atoms. The molecule has 0 saturated heterocycles. The Balaban J connectivity index is 3.00. The van der Waals surface area contributed by atoms with Crippen LogP contribution >= 0.6 is 15.9 Å². The Kier molecular flexibility index (Phi) is 4.42. The van der Waals surface area contributed by atoms with Gasteiger partial charge in [0.05, 0.1) is 11.1 Å². The molecule has 0 unspecified atom stereocenters. The van der Waals surface area contributed by atoms with Crippen LogP contribution in [0.2, 0.25) is 0 Å². The maximum Gasteiger partial charge on any atom is 0.172 e. The number of halogens is 1. The van der Waals surface area contributed by atoms with Crippen LogP contribution in [0, 0.1) is 0 Å². The first-order valence-electron chi connectivity index (χ1n) is 4.94. The Hall–Kier alpha value is -0.740. The zero-order chi connectivity index (χ0) is 11.4. The van der Waals surface area contributed by atoms with Gasteiger partial charge in [0.25, 0.3) is 0 Å². The molecule has 0 saturated carbocycles. The summed E-state index contributed by atoms with van der Waals surface area (Å²) in [6, 6.07) is 3.78. The van der Waals surface area contributed by atoms with Gasteiger partial charge in [0.2, 0.25) is 0 Å². The molecule has 3 N–H and O–H groups in total. The number of rotatable bonds is 4. The Morgan fingerprint density at radius 3 is 2.73 bits per heavy atom. The number of hydrogen-bond acceptors (Lipinski definition) is 3. The summed E-state index contributed by atoms with van der Waals surface area (Å²) in [5.74, 6) is 0.646. The van der Waals surface area contributed by atoms with Gasteiger partial charge in [-0.2, -0.15) is 0 Å². The smallest absolute Gasteiger partial charge is 0.172 e. The lowest BCUT2D eigenvalue weighted by molar-refractivity contribution is 0.317. The fraction of sp³-hybridized carbons (Fsp3) is 0.455. The van der Waals surface area contributed by atoms with Gasteiger partial charge in [0.15, 0.2) is 11.5 Å². The Labute approximate surface area is 98.4 Å². The van der Waals surface area contributed by atoms with Crippen molar-refractivity contribution in [3.8, 4) is 11.5 Å². The Bertz CT molecular complexity index is 340. The monoisotopic (exact) mass is 273 g/mol. The summed E-state index contributed by atoms with van der Waals surface area (Å²) in [6.45, 7) is 4.36. The number of phenolic OH excluding ortho intramolecular Hbond substituents is 1. The molecule has 0 aliphatic carbocycles. The summed E-state index contributed by atoms with van der Waals surface area (Å²) in [6.07, 6.45) is 0.763. The van der Waals surface area contributed by atoms with Gasteiger partial charge in [-0.15, -0.1) is 0 Å². The lowest BCUT2D eigenvalue weighted by Gasteiger charge is -2.11. The topological polar surface area (TPSA) is 55.5 Å². The summed E-state index contributed by atoms with van der Waals surface area (Å²) in [4.78, 5) is 0. The van der Waals surface area contributed by atoms with Crippen molar-refractivity contribution in [2.24, 2.45) is 5.73 Å². The van der Waals surface area contributed by atoms with Crippen molar-refractivity contribution in [2.75, 3.05) is 6.61 Å². The molecule has 1 rings (SSSR count). The number of ether oxygens (including phenoxy) is 1. The van der Waals surface area contributed by atoms with E-state index in [2.05, 4.69) is 15.9 Å². The van der Waals surface area contributed by atoms with Gasteiger partial charge in [-0.1, -0.05) is 0 Å². The summed E-state index contributed by atoms with van der Waals surface area (Å²) in [5.41, 5.74) is 6.77. The quantitative estimate of drug-likeness (QED) is 0.886. The molecule has 0 heterocycles. The molecule has 84 valence electrons. The van der Waals surface area contributed by atoms with Crippen molar-refractivity contribution in [1.82, 2.24) is 0 Å². The molecule has 1 aromatic rings. The standard InChI is InChI=1S/C11H16BrNO2/c1-3-15-10-6-8(4-7(2)13)5-9(12)11(10)14/h5-7,14H,3-4,13H2,1-2H3/t7-/m1/s1. The molecule has 1 aromatic carbocycles. The lowest BCUT2D eigenvalue weighted by atomic mass is 10.1. The van der Waals surface area contributed by atoms with Crippen LogP contribution in [0.5, 0.6) is 11.5 Å². The zero-order valence-electron chi connectivity index (χ0n) is 8.96. The van der Waals surface area contributed by atoms with E-state index in [-0.39, 0.29) is 11.8 Å².